The molecule has 0 aromatic carbocycles. The van der Waals surface area contributed by atoms with Gasteiger partial charge in [-0.15, -0.1) is 0 Å². The molecule has 2 heterocycles. The standard InChI is InChI=1S/C14H23N3/c1-2-14(6-3-7-14)17-11-16-10-13(17)12-4-8-15-9-5-12/h10-12,15H,2-9H2,1H3. The molecule has 0 amide bonds. The Kier molecular flexibility index (Phi) is 2.95. The van der Waals surface area contributed by atoms with Gasteiger partial charge in [-0.1, -0.05) is 6.92 Å². The number of hydrogen-bond acceptors (Lipinski definition) is 2. The summed E-state index contributed by atoms with van der Waals surface area (Å²) in [6, 6.07) is 0. The average Bonchev–Trinajstić information content (AvgIpc) is 2.79. The molecular formula is C14H23N3. The van der Waals surface area contributed by atoms with Crippen molar-refractivity contribution in [2.75, 3.05) is 13.1 Å². The molecule has 2 fully saturated rings. The van der Waals surface area contributed by atoms with E-state index >= 15 is 0 Å². The van der Waals surface area contributed by atoms with Gasteiger partial charge >= 0.3 is 0 Å². The zero-order valence-electron chi connectivity index (χ0n) is 10.8. The summed E-state index contributed by atoms with van der Waals surface area (Å²) in [6.45, 7) is 4.65. The van der Waals surface area contributed by atoms with Gasteiger partial charge in [-0.25, -0.2) is 4.98 Å². The Bertz CT molecular complexity index is 367. The molecule has 1 aromatic heterocycles. The fraction of sp³-hybridized carbons (Fsp3) is 0.786. The normalized spacial score (nSPS) is 24.5. The molecule has 0 spiro atoms. The van der Waals surface area contributed by atoms with Gasteiger partial charge in [-0.05, 0) is 51.6 Å². The van der Waals surface area contributed by atoms with Crippen LogP contribution in [0.3, 0.4) is 0 Å². The molecule has 1 aliphatic carbocycles. The van der Waals surface area contributed by atoms with Crippen molar-refractivity contribution in [3.05, 3.63) is 18.2 Å². The summed E-state index contributed by atoms with van der Waals surface area (Å²) < 4.78 is 2.52. The molecule has 1 N–H and O–H groups in total. The fourth-order valence-corrected chi connectivity index (χ4v) is 3.47. The number of nitrogens with zero attached hydrogens (tertiary/aromatic N) is 2. The van der Waals surface area contributed by atoms with Crippen molar-refractivity contribution in [3.8, 4) is 0 Å². The van der Waals surface area contributed by atoms with E-state index in [9.17, 15) is 0 Å². The molecule has 3 rings (SSSR count). The zero-order valence-corrected chi connectivity index (χ0v) is 10.8. The van der Waals surface area contributed by atoms with Crippen LogP contribution in [-0.4, -0.2) is 22.6 Å². The van der Waals surface area contributed by atoms with Crippen LogP contribution >= 0.6 is 0 Å². The summed E-state index contributed by atoms with van der Waals surface area (Å²) >= 11 is 0. The highest BCUT2D eigenvalue weighted by atomic mass is 15.1. The second kappa shape index (κ2) is 4.45. The molecule has 0 atom stereocenters. The Morgan fingerprint density at radius 2 is 2.18 bits per heavy atom. The van der Waals surface area contributed by atoms with Gasteiger partial charge in [0.1, 0.15) is 0 Å². The van der Waals surface area contributed by atoms with Gasteiger partial charge in [0.2, 0.25) is 0 Å². The first-order valence-corrected chi connectivity index (χ1v) is 7.09. The highest BCUT2D eigenvalue weighted by molar-refractivity contribution is 5.13. The molecule has 1 saturated heterocycles. The second-order valence-electron chi connectivity index (χ2n) is 5.64. The molecule has 2 aliphatic rings. The quantitative estimate of drug-likeness (QED) is 0.870. The third-order valence-electron chi connectivity index (χ3n) is 4.88. The molecule has 17 heavy (non-hydrogen) atoms. The van der Waals surface area contributed by atoms with Crippen molar-refractivity contribution in [2.24, 2.45) is 0 Å². The van der Waals surface area contributed by atoms with Gasteiger partial charge in [0.15, 0.2) is 0 Å². The highest BCUT2D eigenvalue weighted by Crippen LogP contribution is 2.44. The van der Waals surface area contributed by atoms with Crippen LogP contribution in [0.15, 0.2) is 12.5 Å². The third-order valence-corrected chi connectivity index (χ3v) is 4.88. The van der Waals surface area contributed by atoms with E-state index in [0.29, 0.717) is 5.54 Å². The number of piperidine rings is 1. The monoisotopic (exact) mass is 233 g/mol. The van der Waals surface area contributed by atoms with E-state index < -0.39 is 0 Å². The van der Waals surface area contributed by atoms with E-state index in [1.54, 1.807) is 0 Å². The van der Waals surface area contributed by atoms with Crippen LogP contribution in [0.2, 0.25) is 0 Å². The van der Waals surface area contributed by atoms with Crippen LogP contribution in [0.25, 0.3) is 0 Å². The molecule has 3 heteroatoms. The Hall–Kier alpha value is -0.830. The minimum atomic E-state index is 0.413. The molecule has 0 bridgehead atoms. The molecule has 0 radical (unpaired) electrons. The van der Waals surface area contributed by atoms with Crippen LogP contribution in [0.4, 0.5) is 0 Å². The summed E-state index contributed by atoms with van der Waals surface area (Å²) in [5.41, 5.74) is 1.91. The Labute approximate surface area is 104 Å². The molecule has 94 valence electrons. The summed E-state index contributed by atoms with van der Waals surface area (Å²) in [5, 5.41) is 3.45. The van der Waals surface area contributed by atoms with Crippen molar-refractivity contribution in [2.45, 2.75) is 56.9 Å². The average molecular weight is 233 g/mol. The summed E-state index contributed by atoms with van der Waals surface area (Å²) in [6.07, 6.45) is 12.1. The lowest BCUT2D eigenvalue weighted by Gasteiger charge is -2.44. The van der Waals surface area contributed by atoms with Gasteiger partial charge in [0.05, 0.1) is 6.33 Å². The van der Waals surface area contributed by atoms with E-state index in [-0.39, 0.29) is 0 Å². The zero-order chi connectivity index (χ0) is 11.7. The van der Waals surface area contributed by atoms with Crippen LogP contribution in [0.5, 0.6) is 0 Å². The van der Waals surface area contributed by atoms with Crippen molar-refractivity contribution >= 4 is 0 Å². The summed E-state index contributed by atoms with van der Waals surface area (Å²) in [5.74, 6) is 0.725. The topological polar surface area (TPSA) is 29.9 Å². The minimum absolute atomic E-state index is 0.413. The number of hydrogen-bond donors (Lipinski definition) is 1. The van der Waals surface area contributed by atoms with E-state index in [1.165, 1.54) is 44.2 Å². The van der Waals surface area contributed by atoms with Crippen molar-refractivity contribution in [1.82, 2.24) is 14.9 Å². The van der Waals surface area contributed by atoms with Gasteiger partial charge in [-0.2, -0.15) is 0 Å². The van der Waals surface area contributed by atoms with Crippen LogP contribution in [-0.2, 0) is 5.54 Å². The Morgan fingerprint density at radius 1 is 1.41 bits per heavy atom. The molecule has 0 unspecified atom stereocenters. The lowest BCUT2D eigenvalue weighted by atomic mass is 9.74. The summed E-state index contributed by atoms with van der Waals surface area (Å²) in [7, 11) is 0. The number of aromatic nitrogens is 2. The van der Waals surface area contributed by atoms with Crippen LogP contribution in [0, 0.1) is 0 Å². The first-order chi connectivity index (χ1) is 8.36. The third kappa shape index (κ3) is 1.81. The van der Waals surface area contributed by atoms with Crippen molar-refractivity contribution in [3.63, 3.8) is 0 Å². The molecule has 1 aliphatic heterocycles. The maximum absolute atomic E-state index is 4.44. The maximum Gasteiger partial charge on any atom is 0.0953 e. The predicted octanol–water partition coefficient (Wildman–Crippen LogP) is 2.64. The lowest BCUT2D eigenvalue weighted by molar-refractivity contribution is 0.129. The SMILES string of the molecule is CCC1(n2cncc2C2CCNCC2)CCC1. The van der Waals surface area contributed by atoms with Crippen molar-refractivity contribution < 1.29 is 0 Å². The minimum Gasteiger partial charge on any atom is -0.328 e. The van der Waals surface area contributed by atoms with E-state index in [2.05, 4.69) is 34.3 Å². The highest BCUT2D eigenvalue weighted by Gasteiger charge is 2.38. The van der Waals surface area contributed by atoms with Gasteiger partial charge < -0.3 is 9.88 Å². The second-order valence-corrected chi connectivity index (χ2v) is 5.64. The van der Waals surface area contributed by atoms with Crippen molar-refractivity contribution in [1.29, 1.82) is 0 Å². The van der Waals surface area contributed by atoms with E-state index in [1.807, 2.05) is 0 Å². The van der Waals surface area contributed by atoms with E-state index in [0.717, 1.165) is 19.0 Å². The number of nitrogens with one attached hydrogen (secondary N) is 1. The summed E-state index contributed by atoms with van der Waals surface area (Å²) in [4.78, 5) is 4.44. The first-order valence-electron chi connectivity index (χ1n) is 7.09. The largest absolute Gasteiger partial charge is 0.328 e. The van der Waals surface area contributed by atoms with Crippen LogP contribution in [0.1, 0.15) is 57.1 Å². The smallest absolute Gasteiger partial charge is 0.0953 e. The van der Waals surface area contributed by atoms with Gasteiger partial charge in [0.25, 0.3) is 0 Å². The predicted molar refractivity (Wildman–Crippen MR) is 69.2 cm³/mol. The number of imidazole rings is 1. The number of rotatable bonds is 3. The Balaban J connectivity index is 1.87. The first kappa shape index (κ1) is 11.3. The molecular weight excluding hydrogens is 210 g/mol. The molecule has 1 aromatic rings. The lowest BCUT2D eigenvalue weighted by Crippen LogP contribution is -2.41. The Morgan fingerprint density at radius 3 is 2.76 bits per heavy atom. The maximum atomic E-state index is 4.44. The van der Waals surface area contributed by atoms with Crippen LogP contribution < -0.4 is 5.32 Å². The molecule has 3 nitrogen and oxygen atoms in total. The van der Waals surface area contributed by atoms with Gasteiger partial charge in [-0.3, -0.25) is 0 Å². The fourth-order valence-electron chi connectivity index (χ4n) is 3.47. The molecule has 1 saturated carbocycles. The van der Waals surface area contributed by atoms with E-state index in [4.69, 9.17) is 0 Å². The van der Waals surface area contributed by atoms with Gasteiger partial charge in [0, 0.05) is 23.3 Å².